The molecule has 4 atom stereocenters. The van der Waals surface area contributed by atoms with Crippen LogP contribution < -0.4 is 10.6 Å². The van der Waals surface area contributed by atoms with Crippen molar-refractivity contribution in [1.29, 1.82) is 0 Å². The first-order chi connectivity index (χ1) is 19.5. The van der Waals surface area contributed by atoms with Gasteiger partial charge in [0.15, 0.2) is 11.2 Å². The number of hydrogen-bond acceptors (Lipinski definition) is 10. The first-order valence-corrected chi connectivity index (χ1v) is 15.7. The fraction of sp³-hybridized carbons (Fsp3) is 0.520. The quantitative estimate of drug-likeness (QED) is 0.245. The van der Waals surface area contributed by atoms with Crippen LogP contribution in [-0.4, -0.2) is 84.2 Å². The molecule has 0 radical (unpaired) electrons. The molecule has 2 aliphatic carbocycles. The highest BCUT2D eigenvalue weighted by Crippen LogP contribution is 2.45. The SMILES string of the molecule is COC1=C(Br)C(O)C2(C=C1Br)CC(C(=O)NCCCCCNC(=O)C1=NOC3(C=C(Br)C(OC)=C(Br)C3O)C1)=NO2. The zero-order chi connectivity index (χ0) is 29.9. The molecular formula is C25H28Br4N4O8. The number of allylic oxidation sites excluding steroid dienone is 2. The minimum Gasteiger partial charge on any atom is -0.495 e. The van der Waals surface area contributed by atoms with Crippen LogP contribution in [0.25, 0.3) is 0 Å². The summed E-state index contributed by atoms with van der Waals surface area (Å²) in [4.78, 5) is 36.2. The standard InChI is InChI=1S/C25H28Br4N4O8/c1-38-18-12(26)8-24(20(34)16(18)28)10-14(32-40-24)22(36)30-6-4-3-5-7-31-23(37)15-11-25(41-33-15)9-13(27)19(39-2)17(29)21(25)35/h8-9,20-21,34-35H,3-7,10-11H2,1-2H3,(H,30,36)(H,31,37). The van der Waals surface area contributed by atoms with Crippen LogP contribution in [0.3, 0.4) is 0 Å². The van der Waals surface area contributed by atoms with Crippen LogP contribution in [0.5, 0.6) is 0 Å². The Morgan fingerprint density at radius 3 is 1.59 bits per heavy atom. The van der Waals surface area contributed by atoms with E-state index in [4.69, 9.17) is 19.1 Å². The zero-order valence-corrected chi connectivity index (χ0v) is 28.4. The number of carbonyl (C=O) groups is 2. The fourth-order valence-electron chi connectivity index (χ4n) is 4.67. The molecule has 0 saturated heterocycles. The van der Waals surface area contributed by atoms with Gasteiger partial charge in [0.05, 0.1) is 32.1 Å². The number of carbonyl (C=O) groups excluding carboxylic acids is 2. The van der Waals surface area contributed by atoms with E-state index < -0.39 is 23.4 Å². The van der Waals surface area contributed by atoms with E-state index in [9.17, 15) is 19.8 Å². The monoisotopic (exact) mass is 828 g/mol. The van der Waals surface area contributed by atoms with Crippen LogP contribution >= 0.6 is 63.7 Å². The molecule has 4 N–H and O–H groups in total. The molecular weight excluding hydrogens is 804 g/mol. The van der Waals surface area contributed by atoms with E-state index >= 15 is 0 Å². The molecule has 12 nitrogen and oxygen atoms in total. The minimum absolute atomic E-state index is 0.0899. The van der Waals surface area contributed by atoms with Gasteiger partial charge in [-0.15, -0.1) is 0 Å². The number of halogens is 4. The number of hydrogen-bond donors (Lipinski definition) is 4. The Labute approximate surface area is 269 Å². The van der Waals surface area contributed by atoms with Crippen molar-refractivity contribution in [3.8, 4) is 0 Å². The van der Waals surface area contributed by atoms with Crippen LogP contribution in [0.1, 0.15) is 32.1 Å². The van der Waals surface area contributed by atoms with Gasteiger partial charge in [-0.3, -0.25) is 9.59 Å². The third-order valence-corrected chi connectivity index (χ3v) is 9.68. The second kappa shape index (κ2) is 13.3. The molecule has 2 heterocycles. The maximum absolute atomic E-state index is 12.6. The van der Waals surface area contributed by atoms with Gasteiger partial charge in [0.1, 0.15) is 35.1 Å². The molecule has 4 aliphatic rings. The maximum Gasteiger partial charge on any atom is 0.269 e. The largest absolute Gasteiger partial charge is 0.495 e. The number of amides is 2. The van der Waals surface area contributed by atoms with Crippen molar-refractivity contribution in [1.82, 2.24) is 10.6 Å². The molecule has 0 aromatic carbocycles. The Morgan fingerprint density at radius 1 is 0.829 bits per heavy atom. The Hall–Kier alpha value is -1.72. The number of oxime groups is 2. The summed E-state index contributed by atoms with van der Waals surface area (Å²) in [5.74, 6) is 0.133. The van der Waals surface area contributed by atoms with Gasteiger partial charge in [-0.05, 0) is 95.1 Å². The molecule has 4 unspecified atom stereocenters. The molecule has 16 heteroatoms. The van der Waals surface area contributed by atoms with E-state index in [0.717, 1.165) is 6.42 Å². The lowest BCUT2D eigenvalue weighted by Crippen LogP contribution is -2.45. The predicted molar refractivity (Wildman–Crippen MR) is 164 cm³/mol. The van der Waals surface area contributed by atoms with E-state index in [1.165, 1.54) is 14.2 Å². The van der Waals surface area contributed by atoms with E-state index in [-0.39, 0.29) is 36.1 Å². The predicted octanol–water partition coefficient (Wildman–Crippen LogP) is 3.23. The molecule has 0 saturated carbocycles. The second-order valence-corrected chi connectivity index (χ2v) is 13.1. The lowest BCUT2D eigenvalue weighted by Gasteiger charge is -2.33. The Balaban J connectivity index is 1.14. The topological polar surface area (TPSA) is 160 Å². The highest BCUT2D eigenvalue weighted by atomic mass is 79.9. The first-order valence-electron chi connectivity index (χ1n) is 12.6. The van der Waals surface area contributed by atoms with Crippen molar-refractivity contribution in [3.05, 3.63) is 41.6 Å². The average Bonchev–Trinajstić information content (AvgIpc) is 3.56. The van der Waals surface area contributed by atoms with Gasteiger partial charge in [0.2, 0.25) is 0 Å². The molecule has 0 fully saturated rings. The summed E-state index contributed by atoms with van der Waals surface area (Å²) in [5, 5.41) is 34.9. The molecule has 0 aromatic heterocycles. The number of aliphatic hydroxyl groups excluding tert-OH is 2. The van der Waals surface area contributed by atoms with E-state index in [1.54, 1.807) is 12.2 Å². The second-order valence-electron chi connectivity index (χ2n) is 9.65. The van der Waals surface area contributed by atoms with E-state index in [0.29, 0.717) is 55.4 Å². The molecule has 0 aromatic rings. The van der Waals surface area contributed by atoms with Gasteiger partial charge in [-0.1, -0.05) is 10.3 Å². The zero-order valence-electron chi connectivity index (χ0n) is 22.0. The molecule has 2 amide bonds. The summed E-state index contributed by atoms with van der Waals surface area (Å²) in [6.45, 7) is 0.818. The van der Waals surface area contributed by atoms with Crippen molar-refractivity contribution in [2.45, 2.75) is 55.5 Å². The van der Waals surface area contributed by atoms with Gasteiger partial charge >= 0.3 is 0 Å². The van der Waals surface area contributed by atoms with E-state index in [2.05, 4.69) is 84.7 Å². The number of nitrogens with zero attached hydrogens (tertiary/aromatic N) is 2. The van der Waals surface area contributed by atoms with Crippen molar-refractivity contribution in [2.24, 2.45) is 10.3 Å². The summed E-state index contributed by atoms with van der Waals surface area (Å²) in [7, 11) is 2.97. The Kier molecular flexibility index (Phi) is 10.4. The number of unbranched alkanes of at least 4 members (excludes halogenated alkanes) is 2. The van der Waals surface area contributed by atoms with Crippen LogP contribution in [0.2, 0.25) is 0 Å². The number of ether oxygens (including phenoxy) is 2. The number of nitrogens with one attached hydrogen (secondary N) is 2. The summed E-state index contributed by atoms with van der Waals surface area (Å²) in [6, 6.07) is 0. The van der Waals surface area contributed by atoms with Gasteiger partial charge < -0.3 is 40.0 Å². The Morgan fingerprint density at radius 2 is 1.22 bits per heavy atom. The molecule has 2 spiro atoms. The molecule has 0 bridgehead atoms. The van der Waals surface area contributed by atoms with Crippen molar-refractivity contribution in [3.63, 3.8) is 0 Å². The molecule has 224 valence electrons. The first kappa shape index (κ1) is 32.2. The number of rotatable bonds is 10. The molecule has 41 heavy (non-hydrogen) atoms. The summed E-state index contributed by atoms with van der Waals surface area (Å²) in [6.07, 6.45) is 3.39. The van der Waals surface area contributed by atoms with Gasteiger partial charge in [-0.25, -0.2) is 0 Å². The van der Waals surface area contributed by atoms with Crippen LogP contribution in [0, 0.1) is 0 Å². The highest BCUT2D eigenvalue weighted by Gasteiger charge is 2.51. The van der Waals surface area contributed by atoms with E-state index in [1.807, 2.05) is 0 Å². The number of methoxy groups -OCH3 is 2. The fourth-order valence-corrected chi connectivity index (χ4v) is 8.26. The van der Waals surface area contributed by atoms with Crippen LogP contribution in [0.4, 0.5) is 0 Å². The maximum atomic E-state index is 12.6. The third kappa shape index (κ3) is 6.47. The van der Waals surface area contributed by atoms with Crippen molar-refractivity contribution in [2.75, 3.05) is 27.3 Å². The van der Waals surface area contributed by atoms with Gasteiger partial charge in [0.25, 0.3) is 11.8 Å². The van der Waals surface area contributed by atoms with Crippen molar-refractivity contribution >= 4 is 87.0 Å². The number of aliphatic hydroxyl groups is 2. The van der Waals surface area contributed by atoms with Crippen molar-refractivity contribution < 1.29 is 39.0 Å². The average molecular weight is 832 g/mol. The normalized spacial score (nSPS) is 29.0. The molecule has 4 rings (SSSR count). The third-order valence-electron chi connectivity index (χ3n) is 6.91. The molecule has 2 aliphatic heterocycles. The van der Waals surface area contributed by atoms with Crippen LogP contribution in [0.15, 0.2) is 51.9 Å². The Bertz CT molecular complexity index is 1200. The lowest BCUT2D eigenvalue weighted by molar-refractivity contribution is -0.115. The summed E-state index contributed by atoms with van der Waals surface area (Å²) >= 11 is 13.5. The highest BCUT2D eigenvalue weighted by molar-refractivity contribution is 9.12. The minimum atomic E-state index is -1.21. The lowest BCUT2D eigenvalue weighted by atomic mass is 9.87. The summed E-state index contributed by atoms with van der Waals surface area (Å²) < 4.78 is 12.5. The smallest absolute Gasteiger partial charge is 0.269 e. The summed E-state index contributed by atoms with van der Waals surface area (Å²) in [5.41, 5.74) is -2.06. The van der Waals surface area contributed by atoms with Gasteiger partial charge in [-0.2, -0.15) is 0 Å². The van der Waals surface area contributed by atoms with Gasteiger partial charge in [0, 0.05) is 25.9 Å². The van der Waals surface area contributed by atoms with Crippen LogP contribution in [-0.2, 0) is 28.7 Å².